The summed E-state index contributed by atoms with van der Waals surface area (Å²) in [5.41, 5.74) is 9.58. The van der Waals surface area contributed by atoms with Crippen molar-refractivity contribution in [2.75, 3.05) is 23.7 Å². The Morgan fingerprint density at radius 2 is 2.29 bits per heavy atom. The maximum atomic E-state index is 5.98. The zero-order valence-corrected chi connectivity index (χ0v) is 14.2. The maximum Gasteiger partial charge on any atom is 0.139 e. The van der Waals surface area contributed by atoms with E-state index in [1.165, 1.54) is 30.5 Å². The summed E-state index contributed by atoms with van der Waals surface area (Å²) < 4.78 is 0. The molecule has 0 bridgehead atoms. The minimum absolute atomic E-state index is 0.483. The van der Waals surface area contributed by atoms with E-state index in [2.05, 4.69) is 29.7 Å². The molecule has 0 radical (unpaired) electrons. The Morgan fingerprint density at radius 3 is 3.05 bits per heavy atom. The minimum Gasteiger partial charge on any atom is -0.389 e. The second-order valence-corrected chi connectivity index (χ2v) is 7.73. The van der Waals surface area contributed by atoms with E-state index < -0.39 is 0 Å². The number of hydrogen-bond acceptors (Lipinski definition) is 4. The quantitative estimate of drug-likeness (QED) is 0.867. The number of aryl methyl sites for hydroxylation is 2. The van der Waals surface area contributed by atoms with Gasteiger partial charge in [0.1, 0.15) is 10.8 Å². The molecule has 2 aliphatic rings. The number of fused-ring (bicyclic) bond motifs is 1. The van der Waals surface area contributed by atoms with Crippen LogP contribution in [-0.4, -0.2) is 34.1 Å². The van der Waals surface area contributed by atoms with Gasteiger partial charge in [0.05, 0.1) is 5.56 Å². The first-order chi connectivity index (χ1) is 10.2. The van der Waals surface area contributed by atoms with Gasteiger partial charge in [-0.15, -0.1) is 0 Å². The Morgan fingerprint density at radius 1 is 1.48 bits per heavy atom. The fourth-order valence-electron chi connectivity index (χ4n) is 3.20. The van der Waals surface area contributed by atoms with Gasteiger partial charge in [-0.2, -0.15) is 11.8 Å². The Kier molecular flexibility index (Phi) is 4.69. The number of aromatic nitrogens is 1. The molecule has 1 aliphatic carbocycles. The number of thioether (sulfide) groups is 1. The van der Waals surface area contributed by atoms with Gasteiger partial charge in [0.2, 0.25) is 0 Å². The summed E-state index contributed by atoms with van der Waals surface area (Å²) in [4.78, 5) is 7.86. The normalized spacial score (nSPS) is 22.0. The zero-order valence-electron chi connectivity index (χ0n) is 12.6. The molecule has 5 heteroatoms. The molecule has 1 fully saturated rings. The molecule has 1 aliphatic heterocycles. The molecule has 1 unspecified atom stereocenters. The van der Waals surface area contributed by atoms with Crippen LogP contribution in [0.15, 0.2) is 6.07 Å². The third-order valence-corrected chi connectivity index (χ3v) is 6.03. The number of pyridine rings is 1. The van der Waals surface area contributed by atoms with Crippen LogP contribution in [0.25, 0.3) is 0 Å². The van der Waals surface area contributed by atoms with Gasteiger partial charge in [0, 0.05) is 29.8 Å². The highest BCUT2D eigenvalue weighted by atomic mass is 32.2. The highest BCUT2D eigenvalue weighted by Gasteiger charge is 2.25. The van der Waals surface area contributed by atoms with Gasteiger partial charge in [-0.1, -0.05) is 19.1 Å². The van der Waals surface area contributed by atoms with E-state index in [0.717, 1.165) is 43.1 Å². The molecule has 2 N–H and O–H groups in total. The predicted octanol–water partition coefficient (Wildman–Crippen LogP) is 2.93. The van der Waals surface area contributed by atoms with Crippen LogP contribution in [0.1, 0.15) is 43.0 Å². The van der Waals surface area contributed by atoms with Crippen molar-refractivity contribution in [2.45, 2.75) is 44.3 Å². The first-order valence-corrected chi connectivity index (χ1v) is 9.34. The molecule has 1 saturated heterocycles. The summed E-state index contributed by atoms with van der Waals surface area (Å²) in [5, 5.41) is 0.691. The molecule has 1 atom stereocenters. The van der Waals surface area contributed by atoms with Crippen LogP contribution in [0, 0.1) is 0 Å². The van der Waals surface area contributed by atoms with Crippen LogP contribution in [0.3, 0.4) is 0 Å². The second-order valence-electron chi connectivity index (χ2n) is 5.88. The van der Waals surface area contributed by atoms with Gasteiger partial charge >= 0.3 is 0 Å². The van der Waals surface area contributed by atoms with Crippen molar-refractivity contribution in [2.24, 2.45) is 5.73 Å². The lowest BCUT2D eigenvalue weighted by molar-refractivity contribution is 0.660. The smallest absolute Gasteiger partial charge is 0.139 e. The largest absolute Gasteiger partial charge is 0.389 e. The Bertz CT molecular complexity index is 545. The topological polar surface area (TPSA) is 42.2 Å². The van der Waals surface area contributed by atoms with Crippen molar-refractivity contribution in [3.8, 4) is 0 Å². The highest BCUT2D eigenvalue weighted by Crippen LogP contribution is 2.30. The molecule has 0 spiro atoms. The molecule has 3 nitrogen and oxygen atoms in total. The van der Waals surface area contributed by atoms with Crippen LogP contribution in [0.5, 0.6) is 0 Å². The van der Waals surface area contributed by atoms with Crippen molar-refractivity contribution in [1.82, 2.24) is 4.98 Å². The Hall–Kier alpha value is -0.810. The summed E-state index contributed by atoms with van der Waals surface area (Å²) >= 11 is 7.36. The third-order valence-electron chi connectivity index (χ3n) is 4.44. The third kappa shape index (κ3) is 3.19. The van der Waals surface area contributed by atoms with Crippen LogP contribution in [-0.2, 0) is 12.8 Å². The van der Waals surface area contributed by atoms with E-state index >= 15 is 0 Å². The average Bonchev–Trinajstić information content (AvgIpc) is 2.53. The summed E-state index contributed by atoms with van der Waals surface area (Å²) in [6.45, 7) is 4.36. The molecule has 3 rings (SSSR count). The lowest BCUT2D eigenvalue weighted by Crippen LogP contribution is -2.39. The Balaban J connectivity index is 1.97. The molecule has 1 aromatic rings. The van der Waals surface area contributed by atoms with Crippen molar-refractivity contribution < 1.29 is 0 Å². The van der Waals surface area contributed by atoms with Crippen molar-refractivity contribution in [3.63, 3.8) is 0 Å². The van der Waals surface area contributed by atoms with E-state index in [4.69, 9.17) is 22.9 Å². The van der Waals surface area contributed by atoms with Gasteiger partial charge < -0.3 is 10.6 Å². The second kappa shape index (κ2) is 6.53. The van der Waals surface area contributed by atoms with E-state index in [-0.39, 0.29) is 0 Å². The van der Waals surface area contributed by atoms with Crippen LogP contribution in [0.4, 0.5) is 5.82 Å². The maximum absolute atomic E-state index is 5.98. The summed E-state index contributed by atoms with van der Waals surface area (Å²) in [7, 11) is 0. The molecule has 21 heavy (non-hydrogen) atoms. The van der Waals surface area contributed by atoms with Crippen LogP contribution in [0.2, 0.25) is 0 Å². The summed E-state index contributed by atoms with van der Waals surface area (Å²) in [5.74, 6) is 2.19. The molecule has 1 aromatic heterocycles. The lowest BCUT2D eigenvalue weighted by Gasteiger charge is -2.34. The molecular weight excluding hydrogens is 298 g/mol. The lowest BCUT2D eigenvalue weighted by atomic mass is 9.94. The van der Waals surface area contributed by atoms with E-state index in [1.54, 1.807) is 0 Å². The SMILES string of the molecule is CCC1CN(c2nc3c(cc2C(N)=S)CCCC3)CCS1. The molecular formula is C16H23N3S2. The fourth-order valence-corrected chi connectivity index (χ4v) is 4.53. The zero-order chi connectivity index (χ0) is 14.8. The number of thiocarbonyl (C=S) groups is 1. The van der Waals surface area contributed by atoms with E-state index in [9.17, 15) is 0 Å². The predicted molar refractivity (Wildman–Crippen MR) is 95.5 cm³/mol. The number of nitrogens with two attached hydrogens (primary N) is 1. The van der Waals surface area contributed by atoms with Gasteiger partial charge in [-0.25, -0.2) is 4.98 Å². The molecule has 114 valence electrons. The van der Waals surface area contributed by atoms with Crippen molar-refractivity contribution in [3.05, 3.63) is 22.9 Å². The van der Waals surface area contributed by atoms with Gasteiger partial charge in [0.15, 0.2) is 0 Å². The van der Waals surface area contributed by atoms with Crippen molar-refractivity contribution >= 4 is 34.8 Å². The fraction of sp³-hybridized carbons (Fsp3) is 0.625. The van der Waals surface area contributed by atoms with Crippen LogP contribution < -0.4 is 10.6 Å². The Labute approximate surface area is 136 Å². The molecule has 0 amide bonds. The first kappa shape index (κ1) is 15.1. The van der Waals surface area contributed by atoms with Crippen LogP contribution >= 0.6 is 24.0 Å². The van der Waals surface area contributed by atoms with Crippen molar-refractivity contribution in [1.29, 1.82) is 0 Å². The number of rotatable bonds is 3. The van der Waals surface area contributed by atoms with E-state index in [1.807, 2.05) is 0 Å². The number of nitrogens with zero attached hydrogens (tertiary/aromatic N) is 2. The van der Waals surface area contributed by atoms with Gasteiger partial charge in [-0.05, 0) is 43.7 Å². The number of hydrogen-bond donors (Lipinski definition) is 1. The van der Waals surface area contributed by atoms with E-state index in [0.29, 0.717) is 10.2 Å². The first-order valence-electron chi connectivity index (χ1n) is 7.88. The summed E-state index contributed by atoms with van der Waals surface area (Å²) in [6, 6.07) is 2.21. The standard InChI is InChI=1S/C16H23N3S2/c1-2-12-10-19(7-8-21-12)16-13(15(17)20)9-11-5-3-4-6-14(11)18-16/h9,12H,2-8,10H2,1H3,(H2,17,20). The number of anilines is 1. The van der Waals surface area contributed by atoms with Gasteiger partial charge in [-0.3, -0.25) is 0 Å². The monoisotopic (exact) mass is 321 g/mol. The van der Waals surface area contributed by atoms with Gasteiger partial charge in [0.25, 0.3) is 0 Å². The molecule has 0 aromatic carbocycles. The minimum atomic E-state index is 0.483. The molecule has 0 saturated carbocycles. The highest BCUT2D eigenvalue weighted by molar-refractivity contribution is 8.00. The summed E-state index contributed by atoms with van der Waals surface area (Å²) in [6.07, 6.45) is 5.92. The molecule has 2 heterocycles. The average molecular weight is 322 g/mol.